The van der Waals surface area contributed by atoms with Crippen molar-refractivity contribution >= 4 is 62.3 Å². The Morgan fingerprint density at radius 3 is 2.74 bits per heavy atom. The zero-order chi connectivity index (χ0) is 16.6. The Hall–Kier alpha value is -2.07. The monoisotopic (exact) mass is 444 g/mol. The van der Waals surface area contributed by atoms with Crippen LogP contribution in [0, 0.1) is 19.5 Å². The minimum atomic E-state index is -0.532. The molecule has 0 aliphatic heterocycles. The van der Waals surface area contributed by atoms with Crippen LogP contribution in [0.2, 0.25) is 5.02 Å². The predicted molar refractivity (Wildman–Crippen MR) is 93.6 cm³/mol. The Labute approximate surface area is 148 Å². The molecule has 0 saturated heterocycles. The number of anilines is 2. The lowest BCUT2D eigenvalue weighted by Crippen LogP contribution is -1.98. The summed E-state index contributed by atoms with van der Waals surface area (Å²) in [6.45, 7) is 0. The quantitative estimate of drug-likeness (QED) is 0.360. The second-order valence-electron chi connectivity index (χ2n) is 4.55. The largest absolute Gasteiger partial charge is 0.340 e. The zero-order valence-electron chi connectivity index (χ0n) is 11.3. The summed E-state index contributed by atoms with van der Waals surface area (Å²) in [4.78, 5) is 18.8. The summed E-state index contributed by atoms with van der Waals surface area (Å²) < 4.78 is 13.7. The van der Waals surface area contributed by atoms with E-state index < -0.39 is 10.7 Å². The van der Waals surface area contributed by atoms with Crippen molar-refractivity contribution in [2.45, 2.75) is 0 Å². The number of halogens is 3. The number of benzene rings is 2. The second kappa shape index (κ2) is 6.20. The number of hydrogen-bond donors (Lipinski definition) is 1. The third kappa shape index (κ3) is 3.17. The lowest BCUT2D eigenvalue weighted by molar-refractivity contribution is -0.385. The molecule has 1 aromatic heterocycles. The molecule has 0 aliphatic carbocycles. The van der Waals surface area contributed by atoms with Gasteiger partial charge >= 0.3 is 0 Å². The van der Waals surface area contributed by atoms with Gasteiger partial charge in [0.05, 0.1) is 19.0 Å². The molecule has 0 amide bonds. The molecule has 116 valence electrons. The van der Waals surface area contributed by atoms with E-state index in [1.54, 1.807) is 6.07 Å². The van der Waals surface area contributed by atoms with Crippen molar-refractivity contribution in [3.05, 3.63) is 61.2 Å². The molecule has 0 radical (unpaired) electrons. The molecule has 1 heterocycles. The number of nitro groups is 1. The van der Waals surface area contributed by atoms with Crippen LogP contribution >= 0.6 is 34.2 Å². The Morgan fingerprint density at radius 1 is 1.26 bits per heavy atom. The van der Waals surface area contributed by atoms with Crippen molar-refractivity contribution < 1.29 is 9.31 Å². The Bertz CT molecular complexity index is 938. The number of aromatic nitrogens is 2. The third-order valence-electron chi connectivity index (χ3n) is 3.08. The topological polar surface area (TPSA) is 81.0 Å². The first kappa shape index (κ1) is 15.8. The molecule has 3 aromatic rings. The van der Waals surface area contributed by atoms with Gasteiger partial charge in [-0.15, -0.1) is 0 Å². The van der Waals surface area contributed by atoms with Gasteiger partial charge in [0.2, 0.25) is 0 Å². The normalized spacial score (nSPS) is 10.7. The molecule has 0 aliphatic rings. The third-order valence-corrected chi connectivity index (χ3v) is 4.24. The predicted octanol–water partition coefficient (Wildman–Crippen LogP) is 4.68. The lowest BCUT2D eigenvalue weighted by Gasteiger charge is -2.09. The molecule has 1 N–H and O–H groups in total. The van der Waals surface area contributed by atoms with Crippen LogP contribution in [-0.4, -0.2) is 14.9 Å². The molecular weight excluding hydrogens is 438 g/mol. The average Bonchev–Trinajstić information content (AvgIpc) is 2.50. The number of fused-ring (bicyclic) bond motifs is 1. The van der Waals surface area contributed by atoms with Crippen molar-refractivity contribution in [1.29, 1.82) is 0 Å². The van der Waals surface area contributed by atoms with Gasteiger partial charge in [-0.2, -0.15) is 0 Å². The van der Waals surface area contributed by atoms with Gasteiger partial charge in [-0.1, -0.05) is 11.6 Å². The van der Waals surface area contributed by atoms with Crippen molar-refractivity contribution in [2.75, 3.05) is 5.32 Å². The molecule has 0 unspecified atom stereocenters. The number of nitrogens with zero attached hydrogens (tertiary/aromatic N) is 3. The summed E-state index contributed by atoms with van der Waals surface area (Å²) in [5.41, 5.74) is 1.04. The average molecular weight is 445 g/mol. The zero-order valence-corrected chi connectivity index (χ0v) is 14.2. The van der Waals surface area contributed by atoms with E-state index in [-0.39, 0.29) is 10.7 Å². The van der Waals surface area contributed by atoms with Crippen LogP contribution in [0.3, 0.4) is 0 Å². The summed E-state index contributed by atoms with van der Waals surface area (Å²) in [6.07, 6.45) is 1.34. The van der Waals surface area contributed by atoms with Crippen LogP contribution in [0.4, 0.5) is 21.6 Å². The maximum atomic E-state index is 13.2. The smallest absolute Gasteiger partial charge is 0.283 e. The van der Waals surface area contributed by atoms with Gasteiger partial charge in [0.25, 0.3) is 5.69 Å². The highest BCUT2D eigenvalue weighted by atomic mass is 127. The number of rotatable bonds is 3. The SMILES string of the molecule is O=[N+]([O-])c1cc2c(Nc3ccc(F)c(Cl)c3)ncnc2cc1I. The van der Waals surface area contributed by atoms with Crippen LogP contribution in [0.1, 0.15) is 0 Å². The van der Waals surface area contributed by atoms with E-state index >= 15 is 0 Å². The first-order valence-corrected chi connectivity index (χ1v) is 7.72. The first-order chi connectivity index (χ1) is 11.0. The molecule has 3 rings (SSSR count). The maximum absolute atomic E-state index is 13.2. The molecule has 0 saturated carbocycles. The van der Waals surface area contributed by atoms with E-state index in [9.17, 15) is 14.5 Å². The highest BCUT2D eigenvalue weighted by Gasteiger charge is 2.16. The molecule has 2 aromatic carbocycles. The van der Waals surface area contributed by atoms with Gasteiger partial charge in [0, 0.05) is 17.1 Å². The summed E-state index contributed by atoms with van der Waals surface area (Å²) >= 11 is 7.63. The minimum absolute atomic E-state index is 0.0334. The van der Waals surface area contributed by atoms with Crippen molar-refractivity contribution in [1.82, 2.24) is 9.97 Å². The molecule has 23 heavy (non-hydrogen) atoms. The molecule has 9 heteroatoms. The number of nitrogens with one attached hydrogen (secondary N) is 1. The summed E-state index contributed by atoms with van der Waals surface area (Å²) in [6, 6.07) is 7.14. The van der Waals surface area contributed by atoms with Gasteiger partial charge in [-0.3, -0.25) is 10.1 Å². The Morgan fingerprint density at radius 2 is 2.04 bits per heavy atom. The van der Waals surface area contributed by atoms with Crippen molar-refractivity contribution in [3.8, 4) is 0 Å². The summed E-state index contributed by atoms with van der Waals surface area (Å²) in [5, 5.41) is 14.5. The maximum Gasteiger partial charge on any atom is 0.283 e. The lowest BCUT2D eigenvalue weighted by atomic mass is 10.2. The van der Waals surface area contributed by atoms with Gasteiger partial charge in [-0.25, -0.2) is 14.4 Å². The van der Waals surface area contributed by atoms with Gasteiger partial charge in [-0.05, 0) is 46.9 Å². The van der Waals surface area contributed by atoms with Crippen LogP contribution in [0.5, 0.6) is 0 Å². The minimum Gasteiger partial charge on any atom is -0.340 e. The van der Waals surface area contributed by atoms with E-state index in [4.69, 9.17) is 11.6 Å². The fourth-order valence-electron chi connectivity index (χ4n) is 2.02. The van der Waals surface area contributed by atoms with Crippen LogP contribution in [0.25, 0.3) is 10.9 Å². The van der Waals surface area contributed by atoms with Gasteiger partial charge in [0.15, 0.2) is 0 Å². The molecule has 6 nitrogen and oxygen atoms in total. The molecule has 0 bridgehead atoms. The van der Waals surface area contributed by atoms with E-state index in [1.807, 2.05) is 22.6 Å². The fourth-order valence-corrected chi connectivity index (χ4v) is 2.84. The van der Waals surface area contributed by atoms with E-state index in [0.29, 0.717) is 26.0 Å². The van der Waals surface area contributed by atoms with Crippen LogP contribution in [-0.2, 0) is 0 Å². The van der Waals surface area contributed by atoms with Crippen LogP contribution < -0.4 is 5.32 Å². The van der Waals surface area contributed by atoms with Crippen molar-refractivity contribution in [2.24, 2.45) is 0 Å². The van der Waals surface area contributed by atoms with E-state index in [2.05, 4.69) is 15.3 Å². The molecular formula is C14H7ClFIN4O2. The first-order valence-electron chi connectivity index (χ1n) is 6.26. The summed E-state index contributed by atoms with van der Waals surface area (Å²) in [5.74, 6) is -0.160. The van der Waals surface area contributed by atoms with Gasteiger partial charge < -0.3 is 5.32 Å². The molecule has 0 fully saturated rings. The van der Waals surface area contributed by atoms with E-state index in [1.165, 1.54) is 30.6 Å². The molecule has 0 spiro atoms. The highest BCUT2D eigenvalue weighted by Crippen LogP contribution is 2.31. The number of hydrogen-bond acceptors (Lipinski definition) is 5. The number of nitro benzene ring substituents is 1. The van der Waals surface area contributed by atoms with E-state index in [0.717, 1.165) is 0 Å². The van der Waals surface area contributed by atoms with Crippen LogP contribution in [0.15, 0.2) is 36.7 Å². The second-order valence-corrected chi connectivity index (χ2v) is 6.12. The Kier molecular flexibility index (Phi) is 4.26. The Balaban J connectivity index is 2.11. The molecule has 0 atom stereocenters. The fraction of sp³-hybridized carbons (Fsp3) is 0. The van der Waals surface area contributed by atoms with Crippen molar-refractivity contribution in [3.63, 3.8) is 0 Å². The standard InChI is InChI=1S/C14H7ClFIN4O2/c15-9-3-7(1-2-10(9)16)20-14-8-4-13(21(22)23)11(17)5-12(8)18-6-19-14/h1-6H,(H,18,19,20). The summed E-state index contributed by atoms with van der Waals surface area (Å²) in [7, 11) is 0. The van der Waals surface area contributed by atoms with Gasteiger partial charge in [0.1, 0.15) is 18.0 Å². The highest BCUT2D eigenvalue weighted by molar-refractivity contribution is 14.1.